The van der Waals surface area contributed by atoms with Gasteiger partial charge in [-0.3, -0.25) is 9.79 Å². The molecule has 0 aromatic rings. The van der Waals surface area contributed by atoms with Gasteiger partial charge >= 0.3 is 0 Å². The number of nitrogens with zero attached hydrogens (tertiary/aromatic N) is 4. The number of amides is 1. The van der Waals surface area contributed by atoms with Gasteiger partial charge in [0.25, 0.3) is 0 Å². The van der Waals surface area contributed by atoms with Crippen molar-refractivity contribution in [1.82, 2.24) is 20.0 Å². The number of carbonyl (C=O) groups is 1. The molecule has 0 aromatic carbocycles. The third kappa shape index (κ3) is 5.87. The molecular weight excluding hydrogens is 314 g/mol. The van der Waals surface area contributed by atoms with Crippen molar-refractivity contribution in [2.75, 3.05) is 53.4 Å². The van der Waals surface area contributed by atoms with Gasteiger partial charge in [-0.15, -0.1) is 0 Å². The second-order valence-corrected chi connectivity index (χ2v) is 7.62. The van der Waals surface area contributed by atoms with Crippen molar-refractivity contribution in [2.45, 2.75) is 52.0 Å². The van der Waals surface area contributed by atoms with Crippen molar-refractivity contribution in [2.24, 2.45) is 10.9 Å². The molecule has 2 rings (SSSR count). The normalized spacial score (nSPS) is 21.6. The van der Waals surface area contributed by atoms with E-state index in [0.29, 0.717) is 6.04 Å². The summed E-state index contributed by atoms with van der Waals surface area (Å²) in [4.78, 5) is 23.1. The zero-order valence-corrected chi connectivity index (χ0v) is 16.6. The van der Waals surface area contributed by atoms with Gasteiger partial charge in [0.1, 0.15) is 0 Å². The maximum atomic E-state index is 11.5. The fraction of sp³-hybridized carbons (Fsp3) is 0.895. The number of nitrogens with one attached hydrogen (secondary N) is 1. The highest BCUT2D eigenvalue weighted by molar-refractivity contribution is 5.80. The van der Waals surface area contributed by atoms with Crippen molar-refractivity contribution in [3.8, 4) is 0 Å². The van der Waals surface area contributed by atoms with Gasteiger partial charge in [-0.1, -0.05) is 19.3 Å². The van der Waals surface area contributed by atoms with E-state index < -0.39 is 0 Å². The van der Waals surface area contributed by atoms with E-state index in [-0.39, 0.29) is 5.91 Å². The molecule has 1 aliphatic carbocycles. The van der Waals surface area contributed by atoms with Gasteiger partial charge in [0.15, 0.2) is 5.96 Å². The minimum absolute atomic E-state index is 0.173. The Hall–Kier alpha value is -1.30. The predicted octanol–water partition coefficient (Wildman–Crippen LogP) is 1.63. The summed E-state index contributed by atoms with van der Waals surface area (Å²) >= 11 is 0. The van der Waals surface area contributed by atoms with E-state index in [9.17, 15) is 4.79 Å². The molecule has 1 saturated heterocycles. The summed E-state index contributed by atoms with van der Waals surface area (Å²) in [5.41, 5.74) is 0. The van der Waals surface area contributed by atoms with E-state index in [4.69, 9.17) is 4.99 Å². The first-order valence-corrected chi connectivity index (χ1v) is 9.98. The van der Waals surface area contributed by atoms with E-state index in [0.717, 1.165) is 51.1 Å². The van der Waals surface area contributed by atoms with Gasteiger partial charge in [0.2, 0.25) is 5.91 Å². The molecule has 1 unspecified atom stereocenters. The Morgan fingerprint density at radius 3 is 2.24 bits per heavy atom. The van der Waals surface area contributed by atoms with Crippen LogP contribution in [0.1, 0.15) is 46.0 Å². The number of hydrogen-bond donors (Lipinski definition) is 1. The molecule has 1 N–H and O–H groups in total. The third-order valence-corrected chi connectivity index (χ3v) is 5.64. The average Bonchev–Trinajstić information content (AvgIpc) is 2.61. The Balaban J connectivity index is 1.98. The number of rotatable bonds is 5. The summed E-state index contributed by atoms with van der Waals surface area (Å²) < 4.78 is 0. The molecule has 25 heavy (non-hydrogen) atoms. The second-order valence-electron chi connectivity index (χ2n) is 7.62. The first-order chi connectivity index (χ1) is 12.0. The highest BCUT2D eigenvalue weighted by Crippen LogP contribution is 2.28. The van der Waals surface area contributed by atoms with Gasteiger partial charge < -0.3 is 20.0 Å². The van der Waals surface area contributed by atoms with Crippen molar-refractivity contribution in [3.63, 3.8) is 0 Å². The maximum Gasteiger partial charge on any atom is 0.219 e. The molecule has 0 bridgehead atoms. The lowest BCUT2D eigenvalue weighted by molar-refractivity contribution is -0.130. The van der Waals surface area contributed by atoms with Gasteiger partial charge in [-0.2, -0.15) is 0 Å². The zero-order valence-electron chi connectivity index (χ0n) is 16.6. The Kier molecular flexibility index (Phi) is 8.00. The van der Waals surface area contributed by atoms with Crippen LogP contribution in [-0.4, -0.2) is 86.0 Å². The van der Waals surface area contributed by atoms with Gasteiger partial charge in [0.05, 0.1) is 6.54 Å². The van der Waals surface area contributed by atoms with Crippen LogP contribution in [0.4, 0.5) is 0 Å². The van der Waals surface area contributed by atoms with E-state index in [2.05, 4.69) is 36.1 Å². The highest BCUT2D eigenvalue weighted by atomic mass is 16.2. The summed E-state index contributed by atoms with van der Waals surface area (Å²) in [7, 11) is 4.38. The first-order valence-electron chi connectivity index (χ1n) is 9.98. The topological polar surface area (TPSA) is 51.2 Å². The molecule has 0 spiro atoms. The smallest absolute Gasteiger partial charge is 0.219 e. The molecule has 1 saturated carbocycles. The number of likely N-dealkylation sites (N-methyl/N-ethyl adjacent to an activating group) is 1. The lowest BCUT2D eigenvalue weighted by Gasteiger charge is -2.37. The molecule has 0 radical (unpaired) electrons. The number of carbonyl (C=O) groups excluding carboxylic acids is 1. The SMILES string of the molecule is CCNC(=NCC(C1CCCCC1)N(C)C)N1CCN(C(C)=O)CC1. The lowest BCUT2D eigenvalue weighted by atomic mass is 9.83. The van der Waals surface area contributed by atoms with Crippen molar-refractivity contribution < 1.29 is 4.79 Å². The first kappa shape index (κ1) is 20.0. The second kappa shape index (κ2) is 10.00. The number of piperazine rings is 1. The summed E-state index contributed by atoms with van der Waals surface area (Å²) in [5.74, 6) is 1.95. The quantitative estimate of drug-likeness (QED) is 0.604. The van der Waals surface area contributed by atoms with Crippen LogP contribution >= 0.6 is 0 Å². The Labute approximate surface area is 153 Å². The molecule has 1 aliphatic heterocycles. The standard InChI is InChI=1S/C19H37N5O/c1-5-20-19(24-13-11-23(12-14-24)16(2)25)21-15-18(22(3)4)17-9-7-6-8-10-17/h17-18H,5-15H2,1-4H3,(H,20,21). The van der Waals surface area contributed by atoms with Crippen molar-refractivity contribution >= 4 is 11.9 Å². The lowest BCUT2D eigenvalue weighted by Crippen LogP contribution is -2.53. The van der Waals surface area contributed by atoms with E-state index in [1.165, 1.54) is 32.1 Å². The predicted molar refractivity (Wildman–Crippen MR) is 104 cm³/mol. The molecular formula is C19H37N5O. The van der Waals surface area contributed by atoms with Gasteiger partial charge in [0, 0.05) is 45.7 Å². The fourth-order valence-corrected chi connectivity index (χ4v) is 4.09. The van der Waals surface area contributed by atoms with Crippen LogP contribution < -0.4 is 5.32 Å². The molecule has 2 aliphatic rings. The van der Waals surface area contributed by atoms with Crippen LogP contribution in [0.2, 0.25) is 0 Å². The maximum absolute atomic E-state index is 11.5. The summed E-state index contributed by atoms with van der Waals surface area (Å²) in [6.07, 6.45) is 6.80. The highest BCUT2D eigenvalue weighted by Gasteiger charge is 2.26. The van der Waals surface area contributed by atoms with E-state index >= 15 is 0 Å². The Morgan fingerprint density at radius 1 is 1.12 bits per heavy atom. The van der Waals surface area contributed by atoms with Crippen LogP contribution in [0.5, 0.6) is 0 Å². The van der Waals surface area contributed by atoms with Crippen molar-refractivity contribution in [1.29, 1.82) is 0 Å². The molecule has 1 heterocycles. The largest absolute Gasteiger partial charge is 0.357 e. The molecule has 1 atom stereocenters. The Morgan fingerprint density at radius 2 is 1.72 bits per heavy atom. The Bertz CT molecular complexity index is 437. The molecule has 6 heteroatoms. The zero-order chi connectivity index (χ0) is 18.2. The van der Waals surface area contributed by atoms with Crippen LogP contribution in [0.15, 0.2) is 4.99 Å². The molecule has 0 aromatic heterocycles. The van der Waals surface area contributed by atoms with Crippen LogP contribution in [0.3, 0.4) is 0 Å². The fourth-order valence-electron chi connectivity index (χ4n) is 4.09. The average molecular weight is 352 g/mol. The van der Waals surface area contributed by atoms with E-state index in [1.807, 2.05) is 4.90 Å². The number of guanidine groups is 1. The number of hydrogen-bond acceptors (Lipinski definition) is 3. The molecule has 2 fully saturated rings. The summed E-state index contributed by atoms with van der Waals surface area (Å²) in [5, 5.41) is 3.45. The summed E-state index contributed by atoms with van der Waals surface area (Å²) in [6.45, 7) is 8.81. The molecule has 6 nitrogen and oxygen atoms in total. The van der Waals surface area contributed by atoms with Crippen LogP contribution in [0, 0.1) is 5.92 Å². The van der Waals surface area contributed by atoms with Gasteiger partial charge in [-0.05, 0) is 39.8 Å². The summed E-state index contributed by atoms with van der Waals surface area (Å²) in [6, 6.07) is 0.521. The minimum Gasteiger partial charge on any atom is -0.357 e. The third-order valence-electron chi connectivity index (χ3n) is 5.64. The van der Waals surface area contributed by atoms with Crippen molar-refractivity contribution in [3.05, 3.63) is 0 Å². The van der Waals surface area contributed by atoms with Gasteiger partial charge in [-0.25, -0.2) is 0 Å². The van der Waals surface area contributed by atoms with Crippen LogP contribution in [0.25, 0.3) is 0 Å². The molecule has 1 amide bonds. The number of aliphatic imine (C=N–C) groups is 1. The minimum atomic E-state index is 0.173. The molecule has 144 valence electrons. The monoisotopic (exact) mass is 351 g/mol. The van der Waals surface area contributed by atoms with E-state index in [1.54, 1.807) is 6.92 Å². The van der Waals surface area contributed by atoms with Crippen LogP contribution in [-0.2, 0) is 4.79 Å².